The number of ether oxygens (including phenoxy) is 2. The maximum absolute atomic E-state index is 10.5. The van der Waals surface area contributed by atoms with Crippen molar-refractivity contribution in [1.29, 1.82) is 0 Å². The van der Waals surface area contributed by atoms with E-state index in [1.54, 1.807) is 30.3 Å². The van der Waals surface area contributed by atoms with Crippen molar-refractivity contribution < 1.29 is 40.1 Å². The van der Waals surface area contributed by atoms with E-state index in [9.17, 15) is 30.6 Å². The molecule has 2 aromatic carbocycles. The van der Waals surface area contributed by atoms with E-state index in [4.69, 9.17) is 9.47 Å². The van der Waals surface area contributed by atoms with Crippen LogP contribution in [-0.2, 0) is 4.74 Å². The van der Waals surface area contributed by atoms with Crippen LogP contribution in [0.25, 0.3) is 11.1 Å². The highest BCUT2D eigenvalue weighted by molar-refractivity contribution is 5.78. The second-order valence-electron chi connectivity index (χ2n) is 5.99. The van der Waals surface area contributed by atoms with E-state index in [0.717, 1.165) is 0 Å². The molecule has 8 nitrogen and oxygen atoms in total. The van der Waals surface area contributed by atoms with Crippen LogP contribution < -0.4 is 4.74 Å². The molecule has 1 saturated heterocycles. The van der Waals surface area contributed by atoms with Gasteiger partial charge in [-0.1, -0.05) is 30.3 Å². The summed E-state index contributed by atoms with van der Waals surface area (Å²) in [5.41, 5.74) is 0.675. The zero-order chi connectivity index (χ0) is 18.8. The summed E-state index contributed by atoms with van der Waals surface area (Å²) in [4.78, 5) is 0. The Kier molecular flexibility index (Phi) is 5.30. The van der Waals surface area contributed by atoms with Crippen molar-refractivity contribution in [3.05, 3.63) is 42.5 Å². The SMILES string of the molecule is OC[C@H]1O[C@@H](Oc2ccc(O)c(-c3ccccc3)c2O)[C@H](O)[C@@H](O)[C@@H]1O. The van der Waals surface area contributed by atoms with Crippen LogP contribution in [0, 0.1) is 0 Å². The average molecular weight is 364 g/mol. The van der Waals surface area contributed by atoms with E-state index in [-0.39, 0.29) is 22.8 Å². The Morgan fingerprint density at radius 2 is 1.58 bits per heavy atom. The van der Waals surface area contributed by atoms with Crippen LogP contribution in [0.4, 0.5) is 0 Å². The van der Waals surface area contributed by atoms with Gasteiger partial charge in [0, 0.05) is 0 Å². The van der Waals surface area contributed by atoms with Gasteiger partial charge < -0.3 is 40.1 Å². The predicted octanol–water partition coefficient (Wildman–Crippen LogP) is -0.0565. The van der Waals surface area contributed by atoms with Crippen molar-refractivity contribution in [2.45, 2.75) is 30.7 Å². The maximum atomic E-state index is 10.5. The first-order valence-electron chi connectivity index (χ1n) is 8.01. The Morgan fingerprint density at radius 3 is 2.23 bits per heavy atom. The normalized spacial score (nSPS) is 28.7. The molecular formula is C18H20O8. The Labute approximate surface area is 149 Å². The summed E-state index contributed by atoms with van der Waals surface area (Å²) >= 11 is 0. The lowest BCUT2D eigenvalue weighted by Crippen LogP contribution is -2.60. The molecule has 0 spiro atoms. The van der Waals surface area contributed by atoms with Crippen LogP contribution in [0.5, 0.6) is 17.2 Å². The Balaban J connectivity index is 1.91. The van der Waals surface area contributed by atoms with Gasteiger partial charge in [0.1, 0.15) is 30.2 Å². The van der Waals surface area contributed by atoms with Crippen LogP contribution in [0.1, 0.15) is 0 Å². The molecule has 1 heterocycles. The molecule has 0 bridgehead atoms. The van der Waals surface area contributed by atoms with Gasteiger partial charge in [-0.2, -0.15) is 0 Å². The molecule has 140 valence electrons. The van der Waals surface area contributed by atoms with Crippen molar-refractivity contribution >= 4 is 0 Å². The van der Waals surface area contributed by atoms with Gasteiger partial charge in [0.25, 0.3) is 0 Å². The van der Waals surface area contributed by atoms with E-state index >= 15 is 0 Å². The van der Waals surface area contributed by atoms with Gasteiger partial charge in [-0.25, -0.2) is 0 Å². The molecule has 26 heavy (non-hydrogen) atoms. The lowest BCUT2D eigenvalue weighted by Gasteiger charge is -2.39. The predicted molar refractivity (Wildman–Crippen MR) is 89.6 cm³/mol. The highest BCUT2D eigenvalue weighted by Gasteiger charge is 2.45. The van der Waals surface area contributed by atoms with Crippen molar-refractivity contribution in [3.8, 4) is 28.4 Å². The smallest absolute Gasteiger partial charge is 0.229 e. The van der Waals surface area contributed by atoms with Crippen LogP contribution in [-0.4, -0.2) is 68.0 Å². The molecule has 5 atom stereocenters. The van der Waals surface area contributed by atoms with Crippen molar-refractivity contribution in [1.82, 2.24) is 0 Å². The van der Waals surface area contributed by atoms with Gasteiger partial charge >= 0.3 is 0 Å². The summed E-state index contributed by atoms with van der Waals surface area (Å²) in [5, 5.41) is 59.4. The fourth-order valence-corrected chi connectivity index (χ4v) is 2.84. The first-order valence-corrected chi connectivity index (χ1v) is 8.01. The second kappa shape index (κ2) is 7.48. The van der Waals surface area contributed by atoms with Gasteiger partial charge in [-0.15, -0.1) is 0 Å². The second-order valence-corrected chi connectivity index (χ2v) is 5.99. The summed E-state index contributed by atoms with van der Waals surface area (Å²) < 4.78 is 10.7. The number of aromatic hydroxyl groups is 2. The Hall–Kier alpha value is -2.36. The molecule has 0 amide bonds. The van der Waals surface area contributed by atoms with Crippen LogP contribution in [0.15, 0.2) is 42.5 Å². The molecule has 0 aromatic heterocycles. The zero-order valence-electron chi connectivity index (χ0n) is 13.6. The molecule has 1 aliphatic heterocycles. The van der Waals surface area contributed by atoms with Crippen molar-refractivity contribution in [3.63, 3.8) is 0 Å². The van der Waals surface area contributed by atoms with E-state index in [0.29, 0.717) is 5.56 Å². The molecule has 6 N–H and O–H groups in total. The fourth-order valence-electron chi connectivity index (χ4n) is 2.84. The molecule has 3 rings (SSSR count). The van der Waals surface area contributed by atoms with Gasteiger partial charge in [0.05, 0.1) is 12.2 Å². The molecule has 2 aromatic rings. The lowest BCUT2D eigenvalue weighted by atomic mass is 9.99. The Morgan fingerprint density at radius 1 is 0.885 bits per heavy atom. The largest absolute Gasteiger partial charge is 0.507 e. The van der Waals surface area contributed by atoms with Crippen molar-refractivity contribution in [2.24, 2.45) is 0 Å². The molecule has 0 aliphatic carbocycles. The lowest BCUT2D eigenvalue weighted by molar-refractivity contribution is -0.277. The summed E-state index contributed by atoms with van der Waals surface area (Å²) in [6, 6.07) is 11.2. The molecule has 0 saturated carbocycles. The van der Waals surface area contributed by atoms with E-state index in [2.05, 4.69) is 0 Å². The minimum absolute atomic E-state index is 0.106. The molecule has 0 unspecified atom stereocenters. The third kappa shape index (κ3) is 3.33. The summed E-state index contributed by atoms with van der Waals surface area (Å²) in [6.07, 6.45) is -7.29. The van der Waals surface area contributed by atoms with Gasteiger partial charge in [-0.3, -0.25) is 0 Å². The van der Waals surface area contributed by atoms with Crippen LogP contribution in [0.2, 0.25) is 0 Å². The number of aliphatic hydroxyl groups is 4. The minimum Gasteiger partial charge on any atom is -0.507 e. The summed E-state index contributed by atoms with van der Waals surface area (Å²) in [6.45, 7) is -0.596. The van der Waals surface area contributed by atoms with Crippen LogP contribution in [0.3, 0.4) is 0 Å². The van der Waals surface area contributed by atoms with Gasteiger partial charge in [0.15, 0.2) is 11.5 Å². The number of hydrogen-bond donors (Lipinski definition) is 6. The highest BCUT2D eigenvalue weighted by Crippen LogP contribution is 2.44. The standard InChI is InChI=1S/C18H20O8/c19-8-12-15(22)16(23)17(24)18(26-12)25-11-7-6-10(20)13(14(11)21)9-4-2-1-3-5-9/h1-7,12,15-24H,8H2/t12-,15-,16+,17-,18-/m1/s1. The maximum Gasteiger partial charge on any atom is 0.229 e. The van der Waals surface area contributed by atoms with Gasteiger partial charge in [0.2, 0.25) is 6.29 Å². The third-order valence-electron chi connectivity index (χ3n) is 4.27. The minimum atomic E-state index is -1.61. The average Bonchev–Trinajstić information content (AvgIpc) is 2.65. The number of benzene rings is 2. The first kappa shape index (κ1) is 18.4. The topological polar surface area (TPSA) is 140 Å². The quantitative estimate of drug-likeness (QED) is 0.444. The van der Waals surface area contributed by atoms with Gasteiger partial charge in [-0.05, 0) is 17.7 Å². The number of aliphatic hydroxyl groups excluding tert-OH is 4. The third-order valence-corrected chi connectivity index (χ3v) is 4.27. The number of hydrogen-bond acceptors (Lipinski definition) is 8. The number of phenols is 2. The summed E-state index contributed by atoms with van der Waals surface area (Å²) in [5.74, 6) is -0.658. The molecule has 0 radical (unpaired) electrons. The highest BCUT2D eigenvalue weighted by atomic mass is 16.7. The number of rotatable bonds is 4. The van der Waals surface area contributed by atoms with E-state index < -0.39 is 37.3 Å². The van der Waals surface area contributed by atoms with Crippen LogP contribution >= 0.6 is 0 Å². The van der Waals surface area contributed by atoms with E-state index in [1.165, 1.54) is 12.1 Å². The fraction of sp³-hybridized carbons (Fsp3) is 0.333. The Bertz CT molecular complexity index is 748. The molecular weight excluding hydrogens is 344 g/mol. The van der Waals surface area contributed by atoms with Crippen molar-refractivity contribution in [2.75, 3.05) is 6.61 Å². The van der Waals surface area contributed by atoms with E-state index in [1.807, 2.05) is 0 Å². The molecule has 1 aliphatic rings. The monoisotopic (exact) mass is 364 g/mol. The zero-order valence-corrected chi connectivity index (χ0v) is 13.6. The number of phenolic OH excluding ortho intramolecular Hbond substituents is 2. The first-order chi connectivity index (χ1) is 12.4. The molecule has 1 fully saturated rings. The molecule has 8 heteroatoms. The summed E-state index contributed by atoms with van der Waals surface area (Å²) in [7, 11) is 0.